The van der Waals surface area contributed by atoms with Gasteiger partial charge in [-0.05, 0) is 179 Å². The topological polar surface area (TPSA) is 487 Å². The molecule has 16 aromatic rings. The fourth-order valence-corrected chi connectivity index (χ4v) is 16.3. The number of hydrogen-bond donors (Lipinski definition) is 8. The van der Waals surface area contributed by atoms with Gasteiger partial charge in [0.15, 0.2) is 0 Å². The number of aryl methyl sites for hydroxylation is 13. The normalized spacial score (nSPS) is 12.2. The number of rotatable bonds is 41. The van der Waals surface area contributed by atoms with Crippen LogP contribution in [0.2, 0.25) is 0 Å². The summed E-state index contributed by atoms with van der Waals surface area (Å²) in [5.41, 5.74) is 10.3. The maximum Gasteiger partial charge on any atom is 0.254 e. The van der Waals surface area contributed by atoms with E-state index >= 15 is 0 Å². The highest BCUT2D eigenvalue weighted by Crippen LogP contribution is 2.31. The monoisotopic (exact) mass is 2020 g/mol. The van der Waals surface area contributed by atoms with E-state index in [9.17, 15) is 40.9 Å². The Morgan fingerprint density at radius 3 is 0.700 bits per heavy atom. The van der Waals surface area contributed by atoms with Crippen LogP contribution in [-0.2, 0) is 71.1 Å². The van der Waals surface area contributed by atoms with E-state index in [0.717, 1.165) is 61.1 Å². The predicted octanol–water partition coefficient (Wildman–Crippen LogP) is 22.2. The molecule has 0 amide bonds. The van der Waals surface area contributed by atoms with Crippen LogP contribution in [0.15, 0.2) is 277 Å². The molecule has 0 spiro atoms. The minimum atomic E-state index is 0.127. The van der Waals surface area contributed by atoms with E-state index in [1.807, 2.05) is 97.9 Å². The van der Waals surface area contributed by atoms with Gasteiger partial charge in [0, 0.05) is 159 Å². The molecule has 8 aromatic carbocycles. The Balaban J connectivity index is 0.000000167. The first-order valence-corrected chi connectivity index (χ1v) is 50.3. The summed E-state index contributed by atoms with van der Waals surface area (Å²) in [6, 6.07) is 55.9. The van der Waals surface area contributed by atoms with Crippen molar-refractivity contribution in [2.24, 2.45) is 39.9 Å². The molecule has 16 rings (SSSR count). The van der Waals surface area contributed by atoms with Crippen LogP contribution in [0.4, 0.5) is 47.6 Å². The van der Waals surface area contributed by atoms with Crippen molar-refractivity contribution in [3.63, 3.8) is 0 Å². The molecule has 0 aliphatic rings. The Morgan fingerprint density at radius 1 is 0.233 bits per heavy atom. The number of aromatic hydroxyl groups is 8. The van der Waals surface area contributed by atoms with E-state index in [0.29, 0.717) is 165 Å². The highest BCUT2D eigenvalue weighted by atomic mass is 16.3. The summed E-state index contributed by atoms with van der Waals surface area (Å²) in [6.07, 6.45) is 30.8. The molecule has 0 unspecified atom stereocenters. The number of nitrogens with zero attached hydrogens (tertiary/aromatic N) is 28. The van der Waals surface area contributed by atoms with Gasteiger partial charge >= 0.3 is 0 Å². The Hall–Kier alpha value is -17.6. The van der Waals surface area contributed by atoms with Gasteiger partial charge in [-0.2, -0.15) is 59.8 Å². The molecule has 36 nitrogen and oxygen atoms in total. The van der Waals surface area contributed by atoms with Crippen LogP contribution < -0.4 is 0 Å². The molecule has 36 heteroatoms. The summed E-state index contributed by atoms with van der Waals surface area (Å²) in [7, 11) is 0. The van der Waals surface area contributed by atoms with E-state index in [1.165, 1.54) is 51.4 Å². The van der Waals surface area contributed by atoms with E-state index in [2.05, 4.69) is 154 Å². The molecule has 0 fully saturated rings. The molecule has 0 aliphatic carbocycles. The number of hydrogen-bond acceptors (Lipinski definition) is 32. The van der Waals surface area contributed by atoms with Gasteiger partial charge in [-0.25, -0.2) is 59.9 Å². The quantitative estimate of drug-likeness (QED) is 0.0130. The highest BCUT2D eigenvalue weighted by Gasteiger charge is 2.21. The lowest BCUT2D eigenvalue weighted by molar-refractivity contribution is 0.473. The van der Waals surface area contributed by atoms with Crippen LogP contribution in [0.1, 0.15) is 237 Å². The van der Waals surface area contributed by atoms with E-state index in [-0.39, 0.29) is 93.6 Å². The summed E-state index contributed by atoms with van der Waals surface area (Å²) < 4.78 is 8.38. The van der Waals surface area contributed by atoms with Gasteiger partial charge in [-0.3, -0.25) is 0 Å². The van der Waals surface area contributed by atoms with Crippen molar-refractivity contribution in [3.8, 4) is 46.0 Å². The van der Waals surface area contributed by atoms with Gasteiger partial charge < -0.3 is 59.1 Å². The van der Waals surface area contributed by atoms with Crippen molar-refractivity contribution < 1.29 is 40.9 Å². The highest BCUT2D eigenvalue weighted by molar-refractivity contribution is 6.06. The summed E-state index contributed by atoms with van der Waals surface area (Å²) in [6.45, 7) is 27.3. The van der Waals surface area contributed by atoms with E-state index < -0.39 is 0 Å². The lowest BCUT2D eigenvalue weighted by atomic mass is 10.1. The lowest BCUT2D eigenvalue weighted by Crippen LogP contribution is -2.08. The smallest absolute Gasteiger partial charge is 0.254 e. The molecular weight excluding hydrogens is 1890 g/mol. The number of aromatic nitrogens is 20. The van der Waals surface area contributed by atoms with Crippen LogP contribution in [0.25, 0.3) is 0 Å². The van der Waals surface area contributed by atoms with Crippen molar-refractivity contribution in [2.75, 3.05) is 0 Å². The number of imidazole rings is 4. The molecule has 0 atom stereocenters. The van der Waals surface area contributed by atoms with Gasteiger partial charge in [0.2, 0.25) is 0 Å². The summed E-state index contributed by atoms with van der Waals surface area (Å²) >= 11 is 0. The molecule has 0 radical (unpaired) electrons. The molecule has 8 heterocycles. The molecule has 772 valence electrons. The van der Waals surface area contributed by atoms with Crippen LogP contribution in [0.5, 0.6) is 46.0 Å². The van der Waals surface area contributed by atoms with Crippen molar-refractivity contribution >= 4 is 93.3 Å². The Morgan fingerprint density at radius 2 is 0.460 bits per heavy atom. The largest absolute Gasteiger partial charge is 0.507 e. The van der Waals surface area contributed by atoms with Crippen LogP contribution in [0.3, 0.4) is 0 Å². The SMILES string of the molecule is CC(=Nc1nc(CCn2ccnc2C)nc(N=C(C)c2ccccc2O)n1)c1ccccc1O.CCCCCCCCCCCc1nccn1CCc1nc(N=C(C)c2ccccc2O)nc(N=C(C)c2ccccc2O)n1.CCCc1nccn1CCc1nc(N=C(C)c2ccccc2O)nc(N=C(C)c2ccccc2O)n1.CCc1nc(C)cn1CCc1nc(N=C(C)c2ccccc2O)nc(N=C(C)c2ccccc2O)n1. The van der Waals surface area contributed by atoms with Crippen LogP contribution >= 0.6 is 0 Å². The molecule has 8 N–H and O–H groups in total. The van der Waals surface area contributed by atoms with Gasteiger partial charge in [0.25, 0.3) is 47.6 Å². The van der Waals surface area contributed by atoms with E-state index in [1.54, 1.807) is 213 Å². The number of benzene rings is 8. The first kappa shape index (κ1) is 110. The molecule has 0 aliphatic heterocycles. The van der Waals surface area contributed by atoms with Crippen molar-refractivity contribution in [1.29, 1.82) is 0 Å². The van der Waals surface area contributed by atoms with Crippen LogP contribution in [-0.4, -0.2) is 185 Å². The zero-order valence-electron chi connectivity index (χ0n) is 87.0. The summed E-state index contributed by atoms with van der Waals surface area (Å²) in [5, 5.41) is 81.8. The summed E-state index contributed by atoms with van der Waals surface area (Å²) in [5.74, 6) is 8.77. The van der Waals surface area contributed by atoms with Crippen LogP contribution in [0, 0.1) is 13.8 Å². The number of aliphatic imine (C=N–C) groups is 8. The van der Waals surface area contributed by atoms with Gasteiger partial charge in [0.1, 0.15) is 92.6 Å². The summed E-state index contributed by atoms with van der Waals surface area (Å²) in [4.78, 5) is 109. The second-order valence-corrected chi connectivity index (χ2v) is 35.5. The molecule has 150 heavy (non-hydrogen) atoms. The second kappa shape index (κ2) is 55.1. The number of phenols is 8. The minimum Gasteiger partial charge on any atom is -0.507 e. The second-order valence-electron chi connectivity index (χ2n) is 35.5. The fraction of sp³-hybridized carbons (Fsp3) is 0.298. The zero-order valence-corrected chi connectivity index (χ0v) is 87.0. The predicted molar refractivity (Wildman–Crippen MR) is 587 cm³/mol. The number of para-hydroxylation sites is 8. The average molecular weight is 2020 g/mol. The first-order chi connectivity index (χ1) is 72.6. The molecule has 0 saturated carbocycles. The van der Waals surface area contributed by atoms with Gasteiger partial charge in [-0.1, -0.05) is 169 Å². The van der Waals surface area contributed by atoms with Crippen molar-refractivity contribution in [1.82, 2.24) is 98.0 Å². The molecular formula is C114H128N28O8. The minimum absolute atomic E-state index is 0.127. The third kappa shape index (κ3) is 32.2. The number of phenolic OH excluding ortho intramolecular Hbond substituents is 8. The molecule has 8 aromatic heterocycles. The zero-order chi connectivity index (χ0) is 106. The third-order valence-corrected chi connectivity index (χ3v) is 24.2. The Kier molecular flexibility index (Phi) is 40.3. The Bertz CT molecular complexity index is 7200. The third-order valence-electron chi connectivity index (χ3n) is 24.2. The Labute approximate surface area is 872 Å². The number of unbranched alkanes of at least 4 members (excludes halogenated alkanes) is 8. The van der Waals surface area contributed by atoms with Crippen molar-refractivity contribution in [3.05, 3.63) is 334 Å². The van der Waals surface area contributed by atoms with E-state index in [4.69, 9.17) is 0 Å². The first-order valence-electron chi connectivity index (χ1n) is 50.3. The maximum absolute atomic E-state index is 10.3. The van der Waals surface area contributed by atoms with Gasteiger partial charge in [0.05, 0.1) is 51.4 Å². The van der Waals surface area contributed by atoms with Gasteiger partial charge in [-0.15, -0.1) is 0 Å². The standard InChI is InChI=1S/C35H45N7O2.2C27H29N7O2.C25H25N7O2/c1-4-5-6-7-8-9-10-11-12-21-33-36-23-25-42(33)24-22-32-39-34(37-26(2)28-17-13-15-19-30(28)43)41-35(40-32)38-27(3)29-18-14-16-20-31(29)44;1-5-25-28-17(2)16-34(25)15-14-24-31-26(29-18(3)20-10-6-8-12-22(20)35)33-27(32-24)30-19(4)21-11-7-9-13-23(21)36;1-4-9-25-28-15-17-34(25)16-14-24-31-26(29-18(2)20-10-5-7-12-22(20)35)33-27(32-24)30-19(3)21-11-6-8-13-23(21)36;1-16(19-8-4-6-10-21(19)33)27-24-29-23(12-14-32-15-13-26-18(32)3)30-25(31-24)28-17(2)20-9-5-7-11-22(20)34/h13-20,23,25,43-44H,4-12,21-22,24H2,1-3H3;6-13,16,35-36H,5,14-15H2,1-4H3;5-8,10-13,15,17,35-36H,4,9,14,16H2,1-3H3;4-11,13,15,33-34H,12,14H2,1-3H3. The average Bonchev–Trinajstić information content (AvgIpc) is 0.881. The van der Waals surface area contributed by atoms with Crippen molar-refractivity contribution in [2.45, 2.75) is 225 Å². The molecule has 0 saturated heterocycles. The fourth-order valence-electron chi connectivity index (χ4n) is 16.3. The maximum atomic E-state index is 10.3. The lowest BCUT2D eigenvalue weighted by Gasteiger charge is -2.09. The molecule has 0 bridgehead atoms.